The summed E-state index contributed by atoms with van der Waals surface area (Å²) in [6.45, 7) is 3.81. The Balaban J connectivity index is 1.09. The van der Waals surface area contributed by atoms with Crippen molar-refractivity contribution in [1.29, 1.82) is 0 Å². The Morgan fingerprint density at radius 3 is 2.71 bits per heavy atom. The summed E-state index contributed by atoms with van der Waals surface area (Å²) in [6.07, 6.45) is 3.46. The van der Waals surface area contributed by atoms with Crippen LogP contribution in [0, 0.1) is 11.6 Å². The van der Waals surface area contributed by atoms with Gasteiger partial charge in [0, 0.05) is 57.8 Å². The number of halogens is 2. The number of rotatable bonds is 10. The van der Waals surface area contributed by atoms with Crippen LogP contribution in [0.1, 0.15) is 12.8 Å². The van der Waals surface area contributed by atoms with Gasteiger partial charge in [-0.2, -0.15) is 14.6 Å². The van der Waals surface area contributed by atoms with Crippen LogP contribution in [0.5, 0.6) is 5.75 Å². The molecule has 6 rings (SSSR count). The SMILES string of the molecule is Nc1nc2c(ncn2CCN2CCN(c3cc(OCCCC(=O)O)c(F)cc3F)CC2)c2cc(-c3ccco3)nn12. The minimum atomic E-state index is -0.955. The van der Waals surface area contributed by atoms with Crippen LogP contribution in [-0.2, 0) is 11.3 Å². The van der Waals surface area contributed by atoms with Crippen molar-refractivity contribution in [3.8, 4) is 17.2 Å². The van der Waals surface area contributed by atoms with E-state index in [9.17, 15) is 13.6 Å². The molecule has 4 aromatic heterocycles. The minimum Gasteiger partial charge on any atom is -0.490 e. The highest BCUT2D eigenvalue weighted by Gasteiger charge is 2.22. The average Bonchev–Trinajstić information content (AvgIpc) is 3.71. The molecule has 5 aromatic rings. The van der Waals surface area contributed by atoms with E-state index in [1.54, 1.807) is 23.2 Å². The Morgan fingerprint density at radius 2 is 1.95 bits per heavy atom. The third kappa shape index (κ3) is 5.37. The second-order valence-electron chi connectivity index (χ2n) is 9.79. The molecule has 1 aliphatic heterocycles. The van der Waals surface area contributed by atoms with E-state index in [1.165, 1.54) is 6.07 Å². The number of carboxylic acid groups (broad SMARTS) is 1. The van der Waals surface area contributed by atoms with Crippen molar-refractivity contribution >= 4 is 34.3 Å². The Kier molecular flexibility index (Phi) is 7.14. The van der Waals surface area contributed by atoms with Gasteiger partial charge >= 0.3 is 5.97 Å². The lowest BCUT2D eigenvalue weighted by Crippen LogP contribution is -2.47. The monoisotopic (exact) mass is 566 g/mol. The molecule has 0 atom stereocenters. The molecule has 5 heterocycles. The van der Waals surface area contributed by atoms with E-state index in [1.807, 2.05) is 21.6 Å². The number of furan rings is 1. The normalized spacial score (nSPS) is 14.3. The molecule has 0 saturated carbocycles. The number of aromatic nitrogens is 5. The first kappa shape index (κ1) is 26.5. The van der Waals surface area contributed by atoms with Crippen molar-refractivity contribution in [3.05, 3.63) is 54.6 Å². The summed E-state index contributed by atoms with van der Waals surface area (Å²) in [5.41, 5.74) is 9.19. The smallest absolute Gasteiger partial charge is 0.303 e. The number of hydrogen-bond acceptors (Lipinski definition) is 9. The van der Waals surface area contributed by atoms with Crippen molar-refractivity contribution < 1.29 is 27.8 Å². The maximum absolute atomic E-state index is 14.6. The molecule has 1 aliphatic rings. The van der Waals surface area contributed by atoms with Gasteiger partial charge in [0.1, 0.15) is 22.5 Å². The highest BCUT2D eigenvalue weighted by Crippen LogP contribution is 2.30. The van der Waals surface area contributed by atoms with Gasteiger partial charge in [0.15, 0.2) is 23.0 Å². The summed E-state index contributed by atoms with van der Waals surface area (Å²) >= 11 is 0. The largest absolute Gasteiger partial charge is 0.490 e. The second-order valence-corrected chi connectivity index (χ2v) is 9.79. The molecule has 41 heavy (non-hydrogen) atoms. The first-order valence-corrected chi connectivity index (χ1v) is 13.2. The van der Waals surface area contributed by atoms with Gasteiger partial charge in [0.2, 0.25) is 5.95 Å². The molecule has 1 aromatic carbocycles. The van der Waals surface area contributed by atoms with Crippen LogP contribution in [0.15, 0.2) is 47.3 Å². The Bertz CT molecular complexity index is 1690. The highest BCUT2D eigenvalue weighted by molar-refractivity contribution is 5.90. The van der Waals surface area contributed by atoms with Gasteiger partial charge < -0.3 is 29.5 Å². The van der Waals surface area contributed by atoms with E-state index in [4.69, 9.17) is 20.0 Å². The molecule has 0 amide bonds. The summed E-state index contributed by atoms with van der Waals surface area (Å²) in [5, 5.41) is 13.3. The maximum atomic E-state index is 14.6. The van der Waals surface area contributed by atoms with Crippen molar-refractivity contribution in [1.82, 2.24) is 29.0 Å². The minimum absolute atomic E-state index is 0.0310. The van der Waals surface area contributed by atoms with E-state index in [0.717, 1.165) is 11.6 Å². The van der Waals surface area contributed by atoms with Gasteiger partial charge in [0.05, 0.1) is 24.9 Å². The Morgan fingerprint density at radius 1 is 1.12 bits per heavy atom. The molecule has 0 spiro atoms. The van der Waals surface area contributed by atoms with Gasteiger partial charge in [-0.1, -0.05) is 0 Å². The summed E-state index contributed by atoms with van der Waals surface area (Å²) in [6, 6.07) is 7.65. The van der Waals surface area contributed by atoms with Crippen LogP contribution in [-0.4, -0.2) is 79.5 Å². The van der Waals surface area contributed by atoms with E-state index in [-0.39, 0.29) is 36.8 Å². The standard InChI is InChI=1S/C27H28F2N8O4/c28-17-13-18(29)23(41-12-2-4-24(38)39)15-20(17)35-8-5-34(6-9-35)7-10-36-16-31-25-21-14-19(22-3-1-11-40-22)33-37(21)27(30)32-26(25)36/h1,3,11,13-16H,2,4-10,12H2,(H2,30,32)(H,38,39). The van der Waals surface area contributed by atoms with E-state index < -0.39 is 17.6 Å². The molecule has 12 nitrogen and oxygen atoms in total. The average molecular weight is 567 g/mol. The summed E-state index contributed by atoms with van der Waals surface area (Å²) in [4.78, 5) is 23.9. The molecule has 214 valence electrons. The number of nitrogens with zero attached hydrogens (tertiary/aromatic N) is 7. The fourth-order valence-corrected chi connectivity index (χ4v) is 5.00. The zero-order valence-electron chi connectivity index (χ0n) is 22.0. The lowest BCUT2D eigenvalue weighted by molar-refractivity contribution is -0.137. The fraction of sp³-hybridized carbons (Fsp3) is 0.333. The Labute approximate surface area is 232 Å². The molecular weight excluding hydrogens is 538 g/mol. The van der Waals surface area contributed by atoms with Crippen molar-refractivity contribution in [2.24, 2.45) is 0 Å². The lowest BCUT2D eigenvalue weighted by Gasteiger charge is -2.36. The molecule has 0 unspecified atom stereocenters. The van der Waals surface area contributed by atoms with Crippen molar-refractivity contribution in [3.63, 3.8) is 0 Å². The van der Waals surface area contributed by atoms with Crippen LogP contribution in [0.25, 0.3) is 28.1 Å². The van der Waals surface area contributed by atoms with Crippen LogP contribution >= 0.6 is 0 Å². The number of aliphatic carboxylic acids is 1. The van der Waals surface area contributed by atoms with Gasteiger partial charge in [0.25, 0.3) is 0 Å². The number of carbonyl (C=O) groups is 1. The first-order chi connectivity index (χ1) is 19.9. The zero-order chi connectivity index (χ0) is 28.5. The Hall–Kier alpha value is -4.72. The first-order valence-electron chi connectivity index (χ1n) is 13.2. The molecular formula is C27H28F2N8O4. The van der Waals surface area contributed by atoms with Crippen molar-refractivity contribution in [2.75, 3.05) is 50.0 Å². The van der Waals surface area contributed by atoms with Crippen LogP contribution in [0.2, 0.25) is 0 Å². The molecule has 0 aliphatic carbocycles. The molecule has 1 saturated heterocycles. The number of fused-ring (bicyclic) bond motifs is 3. The number of ether oxygens (including phenoxy) is 1. The summed E-state index contributed by atoms with van der Waals surface area (Å²) < 4.78 is 43.2. The predicted molar refractivity (Wildman–Crippen MR) is 146 cm³/mol. The number of piperazine rings is 1. The number of imidazole rings is 1. The quantitative estimate of drug-likeness (QED) is 0.242. The molecule has 0 bridgehead atoms. The topological polar surface area (TPSA) is 140 Å². The van der Waals surface area contributed by atoms with Gasteiger partial charge in [-0.15, -0.1) is 0 Å². The highest BCUT2D eigenvalue weighted by atomic mass is 19.1. The number of hydrogen-bond donors (Lipinski definition) is 2. The lowest BCUT2D eigenvalue weighted by atomic mass is 10.2. The molecule has 3 N–H and O–H groups in total. The summed E-state index contributed by atoms with van der Waals surface area (Å²) in [7, 11) is 0. The van der Waals surface area contributed by atoms with Crippen LogP contribution in [0.3, 0.4) is 0 Å². The molecule has 0 radical (unpaired) electrons. The third-order valence-electron chi connectivity index (χ3n) is 7.14. The predicted octanol–water partition coefficient (Wildman–Crippen LogP) is 3.27. The number of anilines is 2. The fourth-order valence-electron chi connectivity index (χ4n) is 5.00. The number of carboxylic acids is 1. The number of nitrogen functional groups attached to an aromatic ring is 1. The van der Waals surface area contributed by atoms with Crippen molar-refractivity contribution in [2.45, 2.75) is 19.4 Å². The second kappa shape index (κ2) is 11.0. The third-order valence-corrected chi connectivity index (χ3v) is 7.14. The van der Waals surface area contributed by atoms with Crippen LogP contribution in [0.4, 0.5) is 20.4 Å². The summed E-state index contributed by atoms with van der Waals surface area (Å²) in [5.74, 6) is -1.65. The van der Waals surface area contributed by atoms with Gasteiger partial charge in [-0.25, -0.2) is 13.8 Å². The zero-order valence-corrected chi connectivity index (χ0v) is 22.0. The van der Waals surface area contributed by atoms with Crippen LogP contribution < -0.4 is 15.4 Å². The van der Waals surface area contributed by atoms with E-state index >= 15 is 0 Å². The van der Waals surface area contributed by atoms with Gasteiger partial charge in [-0.3, -0.25) is 9.69 Å². The van der Waals surface area contributed by atoms with E-state index in [2.05, 4.69) is 20.0 Å². The number of benzene rings is 1. The van der Waals surface area contributed by atoms with Gasteiger partial charge in [-0.05, 0) is 24.6 Å². The number of nitrogens with two attached hydrogens (primary N) is 1. The molecule has 14 heteroatoms. The maximum Gasteiger partial charge on any atom is 0.303 e. The van der Waals surface area contributed by atoms with E-state index in [0.29, 0.717) is 61.9 Å². The molecule has 1 fully saturated rings.